The van der Waals surface area contributed by atoms with Gasteiger partial charge in [0.05, 0.1) is 21.3 Å². The number of anilines is 3. The summed E-state index contributed by atoms with van der Waals surface area (Å²) in [4.78, 5) is 21.2. The number of carbonyl (C=O) groups excluding carboxylic acids is 1. The topological polar surface area (TPSA) is 94.6 Å². The molecule has 3 rings (SSSR count). The van der Waals surface area contributed by atoms with E-state index >= 15 is 0 Å². The van der Waals surface area contributed by atoms with Gasteiger partial charge in [-0.3, -0.25) is 4.79 Å². The number of methoxy groups -OCH3 is 3. The Morgan fingerprint density at radius 3 is 2.26 bits per heavy atom. The van der Waals surface area contributed by atoms with Gasteiger partial charge in [-0.25, -0.2) is 9.97 Å². The second-order valence-electron chi connectivity index (χ2n) is 6.08. The normalized spacial score (nSPS) is 10.2. The molecule has 0 saturated heterocycles. The fraction of sp³-hybridized carbons (Fsp3) is 0.136. The maximum atomic E-state index is 11.4. The van der Waals surface area contributed by atoms with Gasteiger partial charge in [0.1, 0.15) is 5.03 Å². The number of rotatable bonds is 9. The molecule has 1 heterocycles. The molecule has 2 N–H and O–H groups in total. The van der Waals surface area contributed by atoms with Gasteiger partial charge in [-0.15, -0.1) is 0 Å². The van der Waals surface area contributed by atoms with Crippen LogP contribution >= 0.6 is 11.8 Å². The van der Waals surface area contributed by atoms with Crippen molar-refractivity contribution in [3.63, 3.8) is 0 Å². The molecular formula is C22H22N4O4S. The average molecular weight is 439 g/mol. The number of hydrogen-bond donors (Lipinski definition) is 2. The maximum absolute atomic E-state index is 11.4. The van der Waals surface area contributed by atoms with E-state index in [0.717, 1.165) is 9.92 Å². The number of hydrogen-bond acceptors (Lipinski definition) is 8. The van der Waals surface area contributed by atoms with E-state index in [1.165, 1.54) is 17.8 Å². The summed E-state index contributed by atoms with van der Waals surface area (Å²) in [7, 11) is 4.67. The van der Waals surface area contributed by atoms with Crippen molar-refractivity contribution in [2.45, 2.75) is 9.92 Å². The zero-order valence-corrected chi connectivity index (χ0v) is 18.2. The monoisotopic (exact) mass is 438 g/mol. The molecule has 1 aromatic heterocycles. The van der Waals surface area contributed by atoms with Gasteiger partial charge in [0.15, 0.2) is 11.5 Å². The molecular weight excluding hydrogens is 416 g/mol. The number of amides is 1. The van der Waals surface area contributed by atoms with Gasteiger partial charge < -0.3 is 24.8 Å². The van der Waals surface area contributed by atoms with Crippen LogP contribution in [0.1, 0.15) is 0 Å². The Labute approximate surface area is 184 Å². The minimum absolute atomic E-state index is 0.251. The first-order valence-electron chi connectivity index (χ1n) is 9.17. The molecule has 0 fully saturated rings. The van der Waals surface area contributed by atoms with Crippen LogP contribution in [0.5, 0.6) is 17.2 Å². The molecule has 0 aliphatic heterocycles. The summed E-state index contributed by atoms with van der Waals surface area (Å²) in [6.45, 7) is 3.44. The number of benzene rings is 2. The highest BCUT2D eigenvalue weighted by atomic mass is 32.2. The first kappa shape index (κ1) is 22.0. The first-order valence-corrected chi connectivity index (χ1v) is 9.99. The Balaban J connectivity index is 1.75. The van der Waals surface area contributed by atoms with Crippen molar-refractivity contribution in [3.8, 4) is 17.2 Å². The van der Waals surface area contributed by atoms with Crippen LogP contribution in [0.25, 0.3) is 0 Å². The van der Waals surface area contributed by atoms with E-state index in [0.29, 0.717) is 34.6 Å². The van der Waals surface area contributed by atoms with Crippen molar-refractivity contribution in [2.75, 3.05) is 32.0 Å². The van der Waals surface area contributed by atoms with Crippen molar-refractivity contribution >= 4 is 35.0 Å². The van der Waals surface area contributed by atoms with Crippen molar-refractivity contribution < 1.29 is 19.0 Å². The van der Waals surface area contributed by atoms with Crippen LogP contribution in [0.2, 0.25) is 0 Å². The molecule has 0 unspecified atom stereocenters. The van der Waals surface area contributed by atoms with Gasteiger partial charge in [-0.1, -0.05) is 18.3 Å². The third-order valence-corrected chi connectivity index (χ3v) is 5.02. The highest BCUT2D eigenvalue weighted by Gasteiger charge is 2.14. The van der Waals surface area contributed by atoms with Crippen LogP contribution in [-0.2, 0) is 4.79 Å². The van der Waals surface area contributed by atoms with E-state index in [4.69, 9.17) is 14.2 Å². The number of carbonyl (C=O) groups is 1. The largest absolute Gasteiger partial charge is 0.493 e. The second-order valence-corrected chi connectivity index (χ2v) is 7.17. The Kier molecular flexibility index (Phi) is 7.34. The van der Waals surface area contributed by atoms with Crippen LogP contribution in [0, 0.1) is 0 Å². The van der Waals surface area contributed by atoms with Crippen LogP contribution in [0.3, 0.4) is 0 Å². The Morgan fingerprint density at radius 2 is 1.68 bits per heavy atom. The number of nitrogens with zero attached hydrogens (tertiary/aromatic N) is 2. The zero-order chi connectivity index (χ0) is 22.2. The number of aromatic nitrogens is 2. The van der Waals surface area contributed by atoms with Crippen molar-refractivity contribution in [2.24, 2.45) is 0 Å². The molecule has 0 radical (unpaired) electrons. The first-order chi connectivity index (χ1) is 15.1. The summed E-state index contributed by atoms with van der Waals surface area (Å²) in [5, 5.41) is 6.63. The van der Waals surface area contributed by atoms with Crippen molar-refractivity contribution in [1.29, 1.82) is 0 Å². The Hall–Kier alpha value is -3.72. The third-order valence-electron chi connectivity index (χ3n) is 4.08. The molecule has 0 saturated carbocycles. The van der Waals surface area contributed by atoms with Gasteiger partial charge in [0.2, 0.25) is 17.6 Å². The Bertz CT molecular complexity index is 1050. The van der Waals surface area contributed by atoms with Gasteiger partial charge in [-0.2, -0.15) is 0 Å². The van der Waals surface area contributed by atoms with Crippen LogP contribution in [0.4, 0.5) is 17.3 Å². The summed E-state index contributed by atoms with van der Waals surface area (Å²) in [6.07, 6.45) is 2.90. The SMILES string of the molecule is C=CC(=O)Nc1ccc(Sc2ccnc(Nc3cc(OC)c(OC)c(OC)c3)n2)cc1. The van der Waals surface area contributed by atoms with Gasteiger partial charge >= 0.3 is 0 Å². The molecule has 160 valence electrons. The molecule has 0 spiro atoms. The fourth-order valence-corrected chi connectivity index (χ4v) is 3.44. The predicted molar refractivity (Wildman–Crippen MR) is 121 cm³/mol. The van der Waals surface area contributed by atoms with Crippen molar-refractivity contribution in [3.05, 3.63) is 61.3 Å². The number of nitrogens with one attached hydrogen (secondary N) is 2. The van der Waals surface area contributed by atoms with Crippen LogP contribution in [-0.4, -0.2) is 37.2 Å². The van der Waals surface area contributed by atoms with Gasteiger partial charge in [0.25, 0.3) is 0 Å². The van der Waals surface area contributed by atoms with E-state index in [1.807, 2.05) is 30.3 Å². The Morgan fingerprint density at radius 1 is 1.00 bits per heavy atom. The van der Waals surface area contributed by atoms with E-state index in [9.17, 15) is 4.79 Å². The maximum Gasteiger partial charge on any atom is 0.247 e. The van der Waals surface area contributed by atoms with Crippen molar-refractivity contribution in [1.82, 2.24) is 9.97 Å². The molecule has 9 heteroatoms. The minimum atomic E-state index is -0.251. The van der Waals surface area contributed by atoms with Crippen LogP contribution < -0.4 is 24.8 Å². The summed E-state index contributed by atoms with van der Waals surface area (Å²) >= 11 is 1.47. The fourth-order valence-electron chi connectivity index (χ4n) is 2.66. The lowest BCUT2D eigenvalue weighted by molar-refractivity contribution is -0.111. The summed E-state index contributed by atoms with van der Waals surface area (Å²) in [6, 6.07) is 12.8. The van der Waals surface area contributed by atoms with E-state index in [2.05, 4.69) is 27.2 Å². The number of ether oxygens (including phenoxy) is 3. The summed E-state index contributed by atoms with van der Waals surface area (Å²) in [5.41, 5.74) is 1.39. The van der Waals surface area contributed by atoms with Crippen LogP contribution in [0.15, 0.2) is 71.2 Å². The standard InChI is InChI=1S/C22H22N4O4S/c1-5-19(27)24-14-6-8-16(9-7-14)31-20-10-11-23-22(26-20)25-15-12-17(28-2)21(30-4)18(13-15)29-3/h5-13H,1H2,2-4H3,(H,24,27)(H,23,25,26). The molecule has 0 atom stereocenters. The molecule has 8 nitrogen and oxygen atoms in total. The molecule has 31 heavy (non-hydrogen) atoms. The minimum Gasteiger partial charge on any atom is -0.493 e. The molecule has 0 bridgehead atoms. The molecule has 0 aliphatic carbocycles. The van der Waals surface area contributed by atoms with Gasteiger partial charge in [0, 0.05) is 34.6 Å². The summed E-state index contributed by atoms with van der Waals surface area (Å²) in [5.74, 6) is 1.73. The zero-order valence-electron chi connectivity index (χ0n) is 17.3. The highest BCUT2D eigenvalue weighted by Crippen LogP contribution is 2.40. The highest BCUT2D eigenvalue weighted by molar-refractivity contribution is 7.99. The summed E-state index contributed by atoms with van der Waals surface area (Å²) < 4.78 is 16.1. The van der Waals surface area contributed by atoms with E-state index in [-0.39, 0.29) is 5.91 Å². The van der Waals surface area contributed by atoms with E-state index in [1.54, 1.807) is 39.7 Å². The van der Waals surface area contributed by atoms with E-state index < -0.39 is 0 Å². The lowest BCUT2D eigenvalue weighted by Crippen LogP contribution is -2.06. The lowest BCUT2D eigenvalue weighted by atomic mass is 10.2. The smallest absolute Gasteiger partial charge is 0.247 e. The molecule has 2 aromatic carbocycles. The second kappa shape index (κ2) is 10.4. The third kappa shape index (κ3) is 5.67. The van der Waals surface area contributed by atoms with Gasteiger partial charge in [-0.05, 0) is 36.4 Å². The average Bonchev–Trinajstić information content (AvgIpc) is 2.79. The lowest BCUT2D eigenvalue weighted by Gasteiger charge is -2.14. The predicted octanol–water partition coefficient (Wildman–Crippen LogP) is 4.52. The molecule has 1 amide bonds. The molecule has 0 aliphatic rings. The molecule has 3 aromatic rings. The quantitative estimate of drug-likeness (QED) is 0.372.